The van der Waals surface area contributed by atoms with Gasteiger partial charge in [0.2, 0.25) is 5.43 Å². The number of nitrogens with one attached hydrogen (secondary N) is 1. The summed E-state index contributed by atoms with van der Waals surface area (Å²) in [6.07, 6.45) is 9.28. The first kappa shape index (κ1) is 19.5. The number of ether oxygens (including phenoxy) is 2. The minimum Gasteiger partial charge on any atom is -0.497 e. The lowest BCUT2D eigenvalue weighted by atomic mass is 10.0. The Morgan fingerprint density at radius 3 is 2.48 bits per heavy atom. The van der Waals surface area contributed by atoms with Crippen molar-refractivity contribution in [2.24, 2.45) is 0 Å². The third-order valence-electron chi connectivity index (χ3n) is 5.39. The Bertz CT molecular complexity index is 779. The molecule has 0 unspecified atom stereocenters. The van der Waals surface area contributed by atoms with Crippen LogP contribution in [0.5, 0.6) is 11.5 Å². The maximum atomic E-state index is 12.1. The van der Waals surface area contributed by atoms with Crippen molar-refractivity contribution in [1.29, 1.82) is 0 Å². The van der Waals surface area contributed by atoms with Gasteiger partial charge in [-0.3, -0.25) is 9.69 Å². The summed E-state index contributed by atoms with van der Waals surface area (Å²) in [6, 6.07) is 10.4. The summed E-state index contributed by atoms with van der Waals surface area (Å²) in [5.74, 6) is 1.23. The second kappa shape index (κ2) is 9.60. The summed E-state index contributed by atoms with van der Waals surface area (Å²) in [5.41, 5.74) is 2.08. The average Bonchev–Trinajstić information content (AvgIpc) is 2.97. The normalized spacial score (nSPS) is 15.5. The van der Waals surface area contributed by atoms with E-state index in [2.05, 4.69) is 22.0 Å². The third kappa shape index (κ3) is 5.36. The van der Waals surface area contributed by atoms with E-state index in [1.54, 1.807) is 19.4 Å². The van der Waals surface area contributed by atoms with Crippen LogP contribution in [0.15, 0.2) is 41.3 Å². The molecule has 27 heavy (non-hydrogen) atoms. The molecule has 5 nitrogen and oxygen atoms in total. The van der Waals surface area contributed by atoms with Crippen LogP contribution in [0.2, 0.25) is 0 Å². The van der Waals surface area contributed by atoms with Crippen LogP contribution in [0.3, 0.4) is 0 Å². The summed E-state index contributed by atoms with van der Waals surface area (Å²) in [4.78, 5) is 17.9. The van der Waals surface area contributed by atoms with E-state index in [0.29, 0.717) is 11.8 Å². The number of hydrogen-bond donors (Lipinski definition) is 1. The van der Waals surface area contributed by atoms with E-state index < -0.39 is 0 Å². The molecule has 1 aromatic carbocycles. The van der Waals surface area contributed by atoms with Gasteiger partial charge in [-0.2, -0.15) is 0 Å². The molecule has 146 valence electrons. The van der Waals surface area contributed by atoms with E-state index in [4.69, 9.17) is 9.47 Å². The number of benzene rings is 1. The minimum absolute atomic E-state index is 0.0755. The molecule has 1 aliphatic carbocycles. The molecule has 0 saturated heterocycles. The molecular formula is C22H30N2O3. The zero-order valence-corrected chi connectivity index (χ0v) is 16.4. The Balaban J connectivity index is 1.82. The van der Waals surface area contributed by atoms with Gasteiger partial charge in [0, 0.05) is 37.1 Å². The second-order valence-corrected chi connectivity index (χ2v) is 7.29. The van der Waals surface area contributed by atoms with Gasteiger partial charge < -0.3 is 14.5 Å². The van der Waals surface area contributed by atoms with Crippen molar-refractivity contribution in [3.8, 4) is 11.5 Å². The van der Waals surface area contributed by atoms with Crippen LogP contribution in [0.1, 0.15) is 49.8 Å². The zero-order chi connectivity index (χ0) is 19.1. The number of aromatic nitrogens is 1. The summed E-state index contributed by atoms with van der Waals surface area (Å²) >= 11 is 0. The molecule has 1 saturated carbocycles. The van der Waals surface area contributed by atoms with E-state index in [9.17, 15) is 4.79 Å². The lowest BCUT2D eigenvalue weighted by Crippen LogP contribution is -2.34. The third-order valence-corrected chi connectivity index (χ3v) is 5.39. The van der Waals surface area contributed by atoms with E-state index in [-0.39, 0.29) is 5.43 Å². The van der Waals surface area contributed by atoms with E-state index in [1.807, 2.05) is 12.1 Å². The molecule has 1 fully saturated rings. The number of nitrogens with zero attached hydrogens (tertiary/aromatic N) is 1. The Labute approximate surface area is 161 Å². The molecule has 0 spiro atoms. The van der Waals surface area contributed by atoms with Gasteiger partial charge in [0.05, 0.1) is 14.2 Å². The predicted molar refractivity (Wildman–Crippen MR) is 107 cm³/mol. The lowest BCUT2D eigenvalue weighted by Gasteiger charge is -2.31. The lowest BCUT2D eigenvalue weighted by molar-refractivity contribution is 0.159. The fraction of sp³-hybridized carbons (Fsp3) is 0.500. The summed E-state index contributed by atoms with van der Waals surface area (Å²) in [5, 5.41) is 0. The first-order chi connectivity index (χ1) is 13.2. The molecule has 2 aromatic rings. The van der Waals surface area contributed by atoms with E-state index in [0.717, 1.165) is 24.5 Å². The van der Waals surface area contributed by atoms with Crippen molar-refractivity contribution in [2.75, 3.05) is 14.2 Å². The van der Waals surface area contributed by atoms with Crippen molar-refractivity contribution in [3.05, 3.63) is 58.0 Å². The number of pyridine rings is 1. The van der Waals surface area contributed by atoms with Gasteiger partial charge >= 0.3 is 0 Å². The van der Waals surface area contributed by atoms with Gasteiger partial charge in [-0.15, -0.1) is 0 Å². The number of H-pyrrole nitrogens is 1. The maximum absolute atomic E-state index is 12.1. The summed E-state index contributed by atoms with van der Waals surface area (Å²) in [7, 11) is 3.22. The molecule has 3 rings (SSSR count). The Hall–Kier alpha value is -2.27. The van der Waals surface area contributed by atoms with E-state index >= 15 is 0 Å². The first-order valence-corrected chi connectivity index (χ1v) is 9.82. The number of aromatic amines is 1. The predicted octanol–water partition coefficient (Wildman–Crippen LogP) is 4.12. The largest absolute Gasteiger partial charge is 0.497 e. The smallest absolute Gasteiger partial charge is 0.223 e. The van der Waals surface area contributed by atoms with Crippen molar-refractivity contribution < 1.29 is 9.47 Å². The fourth-order valence-corrected chi connectivity index (χ4v) is 3.91. The Kier molecular flexibility index (Phi) is 6.93. The topological polar surface area (TPSA) is 54.6 Å². The number of hydrogen-bond acceptors (Lipinski definition) is 4. The molecule has 0 atom stereocenters. The maximum Gasteiger partial charge on any atom is 0.223 e. The average molecular weight is 370 g/mol. The SMILES string of the molecule is COc1cccc(CN(Cc2cc(=O)c(OC)c[nH]2)C2CCCCCC2)c1. The Morgan fingerprint density at radius 1 is 1.04 bits per heavy atom. The van der Waals surface area contributed by atoms with Gasteiger partial charge in [0.1, 0.15) is 5.75 Å². The molecule has 0 radical (unpaired) electrons. The number of methoxy groups -OCH3 is 2. The fourth-order valence-electron chi connectivity index (χ4n) is 3.91. The monoisotopic (exact) mass is 370 g/mol. The van der Waals surface area contributed by atoms with Gasteiger partial charge in [-0.25, -0.2) is 0 Å². The minimum atomic E-state index is -0.0755. The molecule has 1 heterocycles. The Morgan fingerprint density at radius 2 is 1.81 bits per heavy atom. The van der Waals surface area contributed by atoms with Crippen molar-refractivity contribution in [1.82, 2.24) is 9.88 Å². The molecule has 1 N–H and O–H groups in total. The van der Waals surface area contributed by atoms with Crippen LogP contribution in [-0.4, -0.2) is 30.1 Å². The summed E-state index contributed by atoms with van der Waals surface area (Å²) in [6.45, 7) is 1.57. The van der Waals surface area contributed by atoms with Crippen LogP contribution in [0.25, 0.3) is 0 Å². The highest BCUT2D eigenvalue weighted by Gasteiger charge is 2.21. The van der Waals surface area contributed by atoms with Crippen molar-refractivity contribution in [3.63, 3.8) is 0 Å². The van der Waals surface area contributed by atoms with Gasteiger partial charge in [0.15, 0.2) is 5.75 Å². The molecular weight excluding hydrogens is 340 g/mol. The van der Waals surface area contributed by atoms with Crippen LogP contribution in [0.4, 0.5) is 0 Å². The second-order valence-electron chi connectivity index (χ2n) is 7.29. The molecule has 0 amide bonds. The zero-order valence-electron chi connectivity index (χ0n) is 16.4. The first-order valence-electron chi connectivity index (χ1n) is 9.82. The van der Waals surface area contributed by atoms with Crippen LogP contribution in [0, 0.1) is 0 Å². The van der Waals surface area contributed by atoms with Gasteiger partial charge in [0.25, 0.3) is 0 Å². The van der Waals surface area contributed by atoms with Crippen LogP contribution < -0.4 is 14.9 Å². The quantitative estimate of drug-likeness (QED) is 0.745. The highest BCUT2D eigenvalue weighted by molar-refractivity contribution is 5.28. The van der Waals surface area contributed by atoms with Crippen LogP contribution in [-0.2, 0) is 13.1 Å². The van der Waals surface area contributed by atoms with Crippen LogP contribution >= 0.6 is 0 Å². The van der Waals surface area contributed by atoms with Gasteiger partial charge in [-0.05, 0) is 30.5 Å². The summed E-state index contributed by atoms with van der Waals surface area (Å²) < 4.78 is 10.5. The molecule has 0 bridgehead atoms. The van der Waals surface area contributed by atoms with Crippen molar-refractivity contribution in [2.45, 2.75) is 57.7 Å². The molecule has 5 heteroatoms. The standard InChI is InChI=1S/C22H30N2O3/c1-26-20-11-7-8-17(12-20)15-24(19-9-5-3-4-6-10-19)16-18-13-21(25)22(27-2)14-23-18/h7-8,11-14,19H,3-6,9-10,15-16H2,1-2H3,(H,23,25). The molecule has 1 aromatic heterocycles. The van der Waals surface area contributed by atoms with Gasteiger partial charge in [-0.1, -0.05) is 37.8 Å². The highest BCUT2D eigenvalue weighted by atomic mass is 16.5. The number of rotatable bonds is 7. The highest BCUT2D eigenvalue weighted by Crippen LogP contribution is 2.25. The van der Waals surface area contributed by atoms with E-state index in [1.165, 1.54) is 51.2 Å². The van der Waals surface area contributed by atoms with Crippen molar-refractivity contribution >= 4 is 0 Å². The molecule has 0 aliphatic heterocycles. The molecule has 1 aliphatic rings.